The van der Waals surface area contributed by atoms with Crippen LogP contribution in [-0.2, 0) is 4.79 Å². The van der Waals surface area contributed by atoms with Crippen LogP contribution in [-0.4, -0.2) is 10.9 Å². The van der Waals surface area contributed by atoms with E-state index >= 15 is 0 Å². The molecule has 9 heavy (non-hydrogen) atoms. The van der Waals surface area contributed by atoms with Gasteiger partial charge in [0.15, 0.2) is 12.2 Å². The van der Waals surface area contributed by atoms with Crippen molar-refractivity contribution < 1.29 is 9.21 Å². The Hall–Kier alpha value is -1.32. The molecular weight excluding hydrogens is 120 g/mol. The maximum Gasteiger partial charge on any atom is 0.222 e. The molecule has 1 aromatic rings. The number of hydrogen-bond acceptors (Lipinski definition) is 3. The first-order chi connectivity index (χ1) is 4.29. The van der Waals surface area contributed by atoms with Crippen LogP contribution in [0.5, 0.6) is 0 Å². The first-order valence-electron chi connectivity index (χ1n) is 2.45. The Kier molecular flexibility index (Phi) is 1.48. The van der Waals surface area contributed by atoms with Gasteiger partial charge in [-0.1, -0.05) is 0 Å². The summed E-state index contributed by atoms with van der Waals surface area (Å²) in [6.45, 7) is 1.41. The van der Waals surface area contributed by atoms with Gasteiger partial charge in [0, 0.05) is 6.92 Å². The van der Waals surface area contributed by atoms with Crippen LogP contribution in [0, 0.1) is 0 Å². The molecule has 1 heterocycles. The van der Waals surface area contributed by atoms with Gasteiger partial charge in [0.05, 0.1) is 0 Å². The van der Waals surface area contributed by atoms with Crippen LogP contribution in [0.25, 0.3) is 0 Å². The number of carbonyl (C=O) groups is 1. The Bertz CT molecular complexity index is 193. The van der Waals surface area contributed by atoms with Gasteiger partial charge < -0.3 is 9.73 Å². The third-order valence-electron chi connectivity index (χ3n) is 0.736. The SMILES string of the molecule is CC(=O)Nc1cocn1. The molecule has 0 unspecified atom stereocenters. The highest BCUT2D eigenvalue weighted by Crippen LogP contribution is 1.99. The topological polar surface area (TPSA) is 55.1 Å². The summed E-state index contributed by atoms with van der Waals surface area (Å²) in [5, 5.41) is 2.44. The Morgan fingerprint density at radius 2 is 2.67 bits per heavy atom. The van der Waals surface area contributed by atoms with Crippen LogP contribution in [0.15, 0.2) is 17.1 Å². The molecule has 0 aliphatic carbocycles. The first-order valence-corrected chi connectivity index (χ1v) is 2.45. The van der Waals surface area contributed by atoms with Crippen molar-refractivity contribution in [3.8, 4) is 0 Å². The fourth-order valence-corrected chi connectivity index (χ4v) is 0.455. The fourth-order valence-electron chi connectivity index (χ4n) is 0.455. The molecular formula is C5H6N2O2. The van der Waals surface area contributed by atoms with Gasteiger partial charge in [-0.25, -0.2) is 0 Å². The summed E-state index contributed by atoms with van der Waals surface area (Å²) in [5.41, 5.74) is 0. The maximum atomic E-state index is 10.3. The predicted octanol–water partition coefficient (Wildman–Crippen LogP) is 0.633. The zero-order valence-electron chi connectivity index (χ0n) is 4.92. The highest BCUT2D eigenvalue weighted by molar-refractivity contribution is 5.87. The predicted molar refractivity (Wildman–Crippen MR) is 30.8 cm³/mol. The van der Waals surface area contributed by atoms with E-state index in [2.05, 4.69) is 14.7 Å². The van der Waals surface area contributed by atoms with Gasteiger partial charge in [0.2, 0.25) is 5.91 Å². The molecule has 48 valence electrons. The molecule has 1 rings (SSSR count). The smallest absolute Gasteiger partial charge is 0.222 e. The van der Waals surface area contributed by atoms with Crippen molar-refractivity contribution in [2.24, 2.45) is 0 Å². The summed E-state index contributed by atoms with van der Waals surface area (Å²) in [5.74, 6) is 0.298. The zero-order valence-corrected chi connectivity index (χ0v) is 4.92. The molecule has 0 aliphatic rings. The molecule has 0 aromatic carbocycles. The number of nitrogens with one attached hydrogen (secondary N) is 1. The van der Waals surface area contributed by atoms with Gasteiger partial charge in [-0.05, 0) is 0 Å². The van der Waals surface area contributed by atoms with Crippen LogP contribution < -0.4 is 5.32 Å². The van der Waals surface area contributed by atoms with Gasteiger partial charge in [-0.3, -0.25) is 4.79 Å². The number of rotatable bonds is 1. The first kappa shape index (κ1) is 5.81. The van der Waals surface area contributed by atoms with Crippen molar-refractivity contribution >= 4 is 11.7 Å². The van der Waals surface area contributed by atoms with Crippen molar-refractivity contribution in [3.05, 3.63) is 12.7 Å². The van der Waals surface area contributed by atoms with Crippen LogP contribution >= 0.6 is 0 Å². The molecule has 4 heteroatoms. The summed E-state index contributed by atoms with van der Waals surface area (Å²) < 4.78 is 4.59. The Morgan fingerprint density at radius 1 is 1.89 bits per heavy atom. The molecule has 0 atom stereocenters. The minimum Gasteiger partial charge on any atom is -0.449 e. The largest absolute Gasteiger partial charge is 0.449 e. The van der Waals surface area contributed by atoms with E-state index in [1.807, 2.05) is 0 Å². The van der Waals surface area contributed by atoms with E-state index in [9.17, 15) is 4.79 Å². The van der Waals surface area contributed by atoms with E-state index in [1.165, 1.54) is 19.6 Å². The minimum atomic E-state index is -0.149. The zero-order chi connectivity index (χ0) is 6.69. The molecule has 1 aromatic heterocycles. The number of carbonyl (C=O) groups excluding carboxylic acids is 1. The lowest BCUT2D eigenvalue weighted by molar-refractivity contribution is -0.114. The number of nitrogens with zero attached hydrogens (tertiary/aromatic N) is 1. The Balaban J connectivity index is 2.58. The van der Waals surface area contributed by atoms with Crippen LogP contribution in [0.1, 0.15) is 6.92 Å². The van der Waals surface area contributed by atoms with Crippen molar-refractivity contribution in [3.63, 3.8) is 0 Å². The molecule has 1 N–H and O–H groups in total. The summed E-state index contributed by atoms with van der Waals surface area (Å²) in [6, 6.07) is 0. The molecule has 1 amide bonds. The van der Waals surface area contributed by atoms with Crippen LogP contribution in [0.4, 0.5) is 5.82 Å². The minimum absolute atomic E-state index is 0.149. The average Bonchev–Trinajstić information content (AvgIpc) is 2.15. The third-order valence-corrected chi connectivity index (χ3v) is 0.736. The summed E-state index contributed by atoms with van der Waals surface area (Å²) in [7, 11) is 0. The van der Waals surface area contributed by atoms with E-state index < -0.39 is 0 Å². The van der Waals surface area contributed by atoms with Crippen molar-refractivity contribution in [1.29, 1.82) is 0 Å². The maximum absolute atomic E-state index is 10.3. The Labute approximate surface area is 51.9 Å². The van der Waals surface area contributed by atoms with E-state index in [-0.39, 0.29) is 5.91 Å². The summed E-state index contributed by atoms with van der Waals surface area (Å²) in [6.07, 6.45) is 2.62. The lowest BCUT2D eigenvalue weighted by Crippen LogP contribution is -2.05. The number of amides is 1. The Morgan fingerprint density at radius 3 is 3.11 bits per heavy atom. The molecule has 0 radical (unpaired) electrons. The summed E-state index contributed by atoms with van der Waals surface area (Å²) in [4.78, 5) is 14.0. The summed E-state index contributed by atoms with van der Waals surface area (Å²) >= 11 is 0. The van der Waals surface area contributed by atoms with Gasteiger partial charge in [0.1, 0.15) is 6.26 Å². The van der Waals surface area contributed by atoms with Gasteiger partial charge in [-0.2, -0.15) is 4.98 Å². The monoisotopic (exact) mass is 126 g/mol. The van der Waals surface area contributed by atoms with E-state index in [0.29, 0.717) is 5.82 Å². The number of oxazole rings is 1. The highest BCUT2D eigenvalue weighted by Gasteiger charge is 1.94. The van der Waals surface area contributed by atoms with Crippen LogP contribution in [0.3, 0.4) is 0 Å². The number of hydrogen-bond donors (Lipinski definition) is 1. The fraction of sp³-hybridized carbons (Fsp3) is 0.200. The molecule has 0 spiro atoms. The van der Waals surface area contributed by atoms with E-state index in [1.54, 1.807) is 0 Å². The van der Waals surface area contributed by atoms with Gasteiger partial charge >= 0.3 is 0 Å². The van der Waals surface area contributed by atoms with Gasteiger partial charge in [-0.15, -0.1) is 0 Å². The van der Waals surface area contributed by atoms with Crippen molar-refractivity contribution in [2.45, 2.75) is 6.92 Å². The molecule has 0 saturated carbocycles. The molecule has 0 bridgehead atoms. The molecule has 0 aliphatic heterocycles. The lowest BCUT2D eigenvalue weighted by atomic mass is 10.6. The second-order valence-corrected chi connectivity index (χ2v) is 1.55. The average molecular weight is 126 g/mol. The molecule has 0 saturated heterocycles. The number of anilines is 1. The third kappa shape index (κ3) is 1.56. The normalized spacial score (nSPS) is 9.00. The second-order valence-electron chi connectivity index (χ2n) is 1.55. The van der Waals surface area contributed by atoms with E-state index in [0.717, 1.165) is 0 Å². The number of aromatic nitrogens is 1. The van der Waals surface area contributed by atoms with Gasteiger partial charge in [0.25, 0.3) is 0 Å². The van der Waals surface area contributed by atoms with Crippen LogP contribution in [0.2, 0.25) is 0 Å². The highest BCUT2D eigenvalue weighted by atomic mass is 16.3. The van der Waals surface area contributed by atoms with E-state index in [4.69, 9.17) is 0 Å². The second kappa shape index (κ2) is 2.30. The van der Waals surface area contributed by atoms with Crippen molar-refractivity contribution in [1.82, 2.24) is 4.98 Å². The standard InChI is InChI=1S/C5H6N2O2/c1-4(8)7-5-2-9-3-6-5/h2-3H,1H3,(H,7,8). The quantitative estimate of drug-likeness (QED) is 0.600. The molecule has 0 fully saturated rings. The van der Waals surface area contributed by atoms with Crippen molar-refractivity contribution in [2.75, 3.05) is 5.32 Å². The lowest BCUT2D eigenvalue weighted by Gasteiger charge is -1.90. The molecule has 4 nitrogen and oxygen atoms in total.